The summed E-state index contributed by atoms with van der Waals surface area (Å²) in [6, 6.07) is 6.46. The van der Waals surface area contributed by atoms with Crippen LogP contribution in [0, 0.1) is 0 Å². The van der Waals surface area contributed by atoms with Gasteiger partial charge in [0.15, 0.2) is 5.82 Å². The largest absolute Gasteiger partial charge is 0.361 e. The summed E-state index contributed by atoms with van der Waals surface area (Å²) in [6.45, 7) is 2.73. The number of halogens is 2. The van der Waals surface area contributed by atoms with Crippen LogP contribution in [0.2, 0.25) is 0 Å². The van der Waals surface area contributed by atoms with Crippen LogP contribution in [0.3, 0.4) is 0 Å². The summed E-state index contributed by atoms with van der Waals surface area (Å²) in [5.74, 6) is 1.03. The lowest BCUT2D eigenvalue weighted by molar-refractivity contribution is 0.559. The van der Waals surface area contributed by atoms with E-state index in [0.29, 0.717) is 0 Å². The van der Waals surface area contributed by atoms with Crippen molar-refractivity contribution >= 4 is 37.5 Å². The lowest BCUT2D eigenvalue weighted by atomic mass is 10.2. The van der Waals surface area contributed by atoms with E-state index in [1.807, 2.05) is 0 Å². The Morgan fingerprint density at radius 3 is 2.94 bits per heavy atom. The fourth-order valence-electron chi connectivity index (χ4n) is 2.16. The molecule has 3 rings (SSSR count). The molecule has 4 nitrogen and oxygen atoms in total. The van der Waals surface area contributed by atoms with Crippen molar-refractivity contribution in [3.8, 4) is 0 Å². The Labute approximate surface area is 122 Å². The van der Waals surface area contributed by atoms with Crippen molar-refractivity contribution in [3.63, 3.8) is 0 Å². The normalized spacial score (nSPS) is 14.7. The molecule has 0 radical (unpaired) electrons. The highest BCUT2D eigenvalue weighted by molar-refractivity contribution is 9.10. The molecule has 1 aliphatic heterocycles. The zero-order valence-electron chi connectivity index (χ0n) is 9.68. The lowest BCUT2D eigenvalue weighted by Gasteiger charge is -2.29. The van der Waals surface area contributed by atoms with Gasteiger partial charge in [-0.25, -0.2) is 0 Å². The summed E-state index contributed by atoms with van der Waals surface area (Å²) in [7, 11) is 0. The van der Waals surface area contributed by atoms with E-state index >= 15 is 0 Å². The Morgan fingerprint density at radius 1 is 1.28 bits per heavy atom. The summed E-state index contributed by atoms with van der Waals surface area (Å²) < 4.78 is 3.24. The minimum absolute atomic E-state index is 0.812. The molecule has 18 heavy (non-hydrogen) atoms. The molecule has 1 aromatic carbocycles. The van der Waals surface area contributed by atoms with Gasteiger partial charge in [-0.2, -0.15) is 0 Å². The molecule has 94 valence electrons. The summed E-state index contributed by atoms with van der Waals surface area (Å²) in [5.41, 5.74) is 2.49. The maximum Gasteiger partial charge on any atom is 0.152 e. The zero-order valence-corrected chi connectivity index (χ0v) is 12.9. The number of fused-ring (bicyclic) bond motifs is 1. The van der Waals surface area contributed by atoms with E-state index in [9.17, 15) is 0 Å². The Hall–Kier alpha value is -0.880. The number of anilines is 1. The second-order valence-electron chi connectivity index (χ2n) is 4.28. The smallest absolute Gasteiger partial charge is 0.152 e. The van der Waals surface area contributed by atoms with Gasteiger partial charge in [-0.05, 0) is 33.6 Å². The minimum Gasteiger partial charge on any atom is -0.361 e. The van der Waals surface area contributed by atoms with Crippen molar-refractivity contribution in [1.29, 1.82) is 0 Å². The average molecular weight is 372 g/mol. The third-order valence-electron chi connectivity index (χ3n) is 3.15. The molecule has 6 heteroatoms. The van der Waals surface area contributed by atoms with E-state index in [-0.39, 0.29) is 0 Å². The van der Waals surface area contributed by atoms with Crippen molar-refractivity contribution < 1.29 is 0 Å². The second kappa shape index (κ2) is 5.01. The first-order chi connectivity index (χ1) is 8.78. The van der Waals surface area contributed by atoms with Gasteiger partial charge in [0, 0.05) is 22.9 Å². The molecule has 0 unspecified atom stereocenters. The highest BCUT2D eigenvalue weighted by atomic mass is 79.9. The molecule has 0 saturated heterocycles. The number of hydrogen-bond acceptors (Lipinski definition) is 3. The van der Waals surface area contributed by atoms with E-state index < -0.39 is 0 Å². The standard InChI is InChI=1S/C12H12Br2N4/c13-6-9-1-2-11(10(14)5-9)17-3-4-18-8-15-16-12(18)7-17/h1-2,5,8H,3-4,6-7H2. The average Bonchev–Trinajstić information content (AvgIpc) is 2.85. The second-order valence-corrected chi connectivity index (χ2v) is 5.70. The molecule has 1 aromatic heterocycles. The van der Waals surface area contributed by atoms with Gasteiger partial charge in [-0.3, -0.25) is 0 Å². The van der Waals surface area contributed by atoms with Crippen LogP contribution in [0.25, 0.3) is 0 Å². The van der Waals surface area contributed by atoms with E-state index in [0.717, 1.165) is 35.3 Å². The molecule has 0 N–H and O–H groups in total. The molecule has 2 aromatic rings. The van der Waals surface area contributed by atoms with Gasteiger partial charge in [0.05, 0.1) is 12.2 Å². The predicted octanol–water partition coefficient (Wildman–Crippen LogP) is 2.96. The van der Waals surface area contributed by atoms with E-state index in [1.54, 1.807) is 6.33 Å². The van der Waals surface area contributed by atoms with E-state index in [4.69, 9.17) is 0 Å². The van der Waals surface area contributed by atoms with Gasteiger partial charge in [0.1, 0.15) is 6.33 Å². The van der Waals surface area contributed by atoms with Crippen molar-refractivity contribution in [1.82, 2.24) is 14.8 Å². The minimum atomic E-state index is 0.812. The lowest BCUT2D eigenvalue weighted by Crippen LogP contribution is -2.33. The highest BCUT2D eigenvalue weighted by Gasteiger charge is 2.19. The summed E-state index contributed by atoms with van der Waals surface area (Å²) in [6.07, 6.45) is 1.80. The Bertz CT molecular complexity index is 567. The Morgan fingerprint density at radius 2 is 2.17 bits per heavy atom. The molecule has 0 amide bonds. The first kappa shape index (κ1) is 12.2. The molecule has 0 bridgehead atoms. The van der Waals surface area contributed by atoms with Gasteiger partial charge < -0.3 is 9.47 Å². The fourth-order valence-corrected chi connectivity index (χ4v) is 3.19. The van der Waals surface area contributed by atoms with Crippen LogP contribution in [-0.4, -0.2) is 21.3 Å². The molecule has 0 atom stereocenters. The quantitative estimate of drug-likeness (QED) is 0.761. The zero-order chi connectivity index (χ0) is 12.5. The van der Waals surface area contributed by atoms with Crippen LogP contribution in [0.1, 0.15) is 11.4 Å². The molecule has 0 spiro atoms. The third-order valence-corrected chi connectivity index (χ3v) is 4.43. The molecule has 0 fully saturated rings. The molecule has 0 aliphatic carbocycles. The van der Waals surface area contributed by atoms with Crippen LogP contribution < -0.4 is 4.90 Å². The fraction of sp³-hybridized carbons (Fsp3) is 0.333. The monoisotopic (exact) mass is 370 g/mol. The maximum atomic E-state index is 4.14. The van der Waals surface area contributed by atoms with Crippen molar-refractivity contribution in [2.75, 3.05) is 11.4 Å². The molecular weight excluding hydrogens is 360 g/mol. The van der Waals surface area contributed by atoms with Gasteiger partial charge in [-0.1, -0.05) is 22.0 Å². The molecule has 0 saturated carbocycles. The Kier molecular flexibility index (Phi) is 3.39. The van der Waals surface area contributed by atoms with Gasteiger partial charge in [0.25, 0.3) is 0 Å². The van der Waals surface area contributed by atoms with Crippen LogP contribution >= 0.6 is 31.9 Å². The Balaban J connectivity index is 1.88. The van der Waals surface area contributed by atoms with Crippen LogP contribution in [0.4, 0.5) is 5.69 Å². The predicted molar refractivity (Wildman–Crippen MR) is 77.8 cm³/mol. The van der Waals surface area contributed by atoms with Crippen LogP contribution in [-0.2, 0) is 18.4 Å². The molecule has 1 aliphatic rings. The maximum absolute atomic E-state index is 4.14. The third kappa shape index (κ3) is 2.19. The van der Waals surface area contributed by atoms with Gasteiger partial charge in [-0.15, -0.1) is 10.2 Å². The van der Waals surface area contributed by atoms with Crippen molar-refractivity contribution in [2.24, 2.45) is 0 Å². The number of alkyl halides is 1. The number of benzene rings is 1. The summed E-state index contributed by atoms with van der Waals surface area (Å²) in [5, 5.41) is 8.97. The SMILES string of the molecule is BrCc1ccc(N2CCn3cnnc3C2)c(Br)c1. The first-order valence-electron chi connectivity index (χ1n) is 5.74. The number of aromatic nitrogens is 3. The number of hydrogen-bond donors (Lipinski definition) is 0. The van der Waals surface area contributed by atoms with Gasteiger partial charge in [0.2, 0.25) is 0 Å². The summed E-state index contributed by atoms with van der Waals surface area (Å²) >= 11 is 7.12. The topological polar surface area (TPSA) is 34.0 Å². The first-order valence-corrected chi connectivity index (χ1v) is 7.65. The van der Waals surface area contributed by atoms with Crippen LogP contribution in [0.5, 0.6) is 0 Å². The van der Waals surface area contributed by atoms with Crippen LogP contribution in [0.15, 0.2) is 29.0 Å². The van der Waals surface area contributed by atoms with Gasteiger partial charge >= 0.3 is 0 Å². The van der Waals surface area contributed by atoms with Crippen molar-refractivity contribution in [2.45, 2.75) is 18.4 Å². The van der Waals surface area contributed by atoms with E-state index in [1.165, 1.54) is 11.3 Å². The van der Waals surface area contributed by atoms with Crippen molar-refractivity contribution in [3.05, 3.63) is 40.4 Å². The highest BCUT2D eigenvalue weighted by Crippen LogP contribution is 2.30. The summed E-state index contributed by atoms with van der Waals surface area (Å²) in [4.78, 5) is 2.33. The van der Waals surface area contributed by atoms with E-state index in [2.05, 4.69) is 69.7 Å². The number of rotatable bonds is 2. The molecular formula is C12H12Br2N4. The molecule has 2 heterocycles. The number of nitrogens with zero attached hydrogens (tertiary/aromatic N) is 4.